The minimum absolute atomic E-state index is 0.0619. The normalized spacial score (nSPS) is 12.8. The minimum atomic E-state index is -4.55. The van der Waals surface area contributed by atoms with Gasteiger partial charge in [-0.2, -0.15) is 13.2 Å². The SMILES string of the molecule is CN/C=N\C=C(/CCl)Oc1cccc(C(F)(F)F)c1Cl. The Morgan fingerprint density at radius 1 is 1.45 bits per heavy atom. The summed E-state index contributed by atoms with van der Waals surface area (Å²) < 4.78 is 43.3. The summed E-state index contributed by atoms with van der Waals surface area (Å²) in [7, 11) is 1.64. The summed E-state index contributed by atoms with van der Waals surface area (Å²) in [5, 5.41) is 2.12. The molecule has 110 valence electrons. The van der Waals surface area contributed by atoms with Crippen molar-refractivity contribution in [2.24, 2.45) is 4.99 Å². The second-order valence-corrected chi connectivity index (χ2v) is 4.16. The van der Waals surface area contributed by atoms with Gasteiger partial charge in [0.2, 0.25) is 0 Å². The fourth-order valence-corrected chi connectivity index (χ4v) is 1.63. The monoisotopic (exact) mass is 326 g/mol. The Kier molecular flexibility index (Phi) is 6.16. The fourth-order valence-electron chi connectivity index (χ4n) is 1.23. The van der Waals surface area contributed by atoms with Crippen molar-refractivity contribution in [1.29, 1.82) is 0 Å². The summed E-state index contributed by atoms with van der Waals surface area (Å²) in [6, 6.07) is 3.39. The first-order valence-electron chi connectivity index (χ1n) is 5.37. The Morgan fingerprint density at radius 3 is 2.70 bits per heavy atom. The first kappa shape index (κ1) is 16.7. The van der Waals surface area contributed by atoms with Gasteiger partial charge >= 0.3 is 6.18 Å². The van der Waals surface area contributed by atoms with Crippen LogP contribution in [-0.2, 0) is 6.18 Å². The zero-order valence-corrected chi connectivity index (χ0v) is 11.9. The minimum Gasteiger partial charge on any atom is -0.457 e. The smallest absolute Gasteiger partial charge is 0.417 e. The Balaban J connectivity index is 3.03. The van der Waals surface area contributed by atoms with Crippen LogP contribution in [0.1, 0.15) is 5.56 Å². The lowest BCUT2D eigenvalue weighted by molar-refractivity contribution is -0.137. The first-order valence-corrected chi connectivity index (χ1v) is 6.29. The molecule has 0 aliphatic carbocycles. The van der Waals surface area contributed by atoms with Crippen LogP contribution in [0.2, 0.25) is 5.02 Å². The third-order valence-corrected chi connectivity index (χ3v) is 2.72. The van der Waals surface area contributed by atoms with Crippen molar-refractivity contribution in [3.8, 4) is 5.75 Å². The number of allylic oxidation sites excluding steroid dienone is 1. The van der Waals surface area contributed by atoms with E-state index in [-0.39, 0.29) is 17.4 Å². The highest BCUT2D eigenvalue weighted by Crippen LogP contribution is 2.39. The molecule has 20 heavy (non-hydrogen) atoms. The largest absolute Gasteiger partial charge is 0.457 e. The molecule has 0 aliphatic rings. The fraction of sp³-hybridized carbons (Fsp3) is 0.250. The zero-order valence-electron chi connectivity index (χ0n) is 10.3. The number of ether oxygens (including phenoxy) is 1. The lowest BCUT2D eigenvalue weighted by Crippen LogP contribution is -2.07. The maximum Gasteiger partial charge on any atom is 0.417 e. The van der Waals surface area contributed by atoms with Crippen LogP contribution < -0.4 is 10.1 Å². The molecule has 0 saturated heterocycles. The lowest BCUT2D eigenvalue weighted by atomic mass is 10.2. The summed E-state index contributed by atoms with van der Waals surface area (Å²) in [6.07, 6.45) is -1.91. The van der Waals surface area contributed by atoms with Gasteiger partial charge in [0.25, 0.3) is 0 Å². The number of halogens is 5. The number of aliphatic imine (C=N–C) groups is 1. The number of rotatable bonds is 5. The molecule has 0 fully saturated rings. The Labute approximate surface area is 124 Å². The van der Waals surface area contributed by atoms with Gasteiger partial charge in [-0.25, -0.2) is 4.99 Å². The molecular weight excluding hydrogens is 316 g/mol. The summed E-state index contributed by atoms with van der Waals surface area (Å²) in [4.78, 5) is 3.79. The molecule has 0 unspecified atom stereocenters. The van der Waals surface area contributed by atoms with Crippen molar-refractivity contribution in [2.75, 3.05) is 12.9 Å². The molecule has 0 spiro atoms. The topological polar surface area (TPSA) is 33.6 Å². The molecule has 1 aromatic carbocycles. The number of benzene rings is 1. The molecule has 0 saturated carbocycles. The van der Waals surface area contributed by atoms with E-state index in [0.717, 1.165) is 6.07 Å². The molecule has 1 N–H and O–H groups in total. The molecule has 0 bridgehead atoms. The maximum absolute atomic E-state index is 12.7. The zero-order chi connectivity index (χ0) is 15.2. The quantitative estimate of drug-likeness (QED) is 0.383. The molecule has 0 amide bonds. The van der Waals surface area contributed by atoms with Crippen LogP contribution in [0, 0.1) is 0 Å². The van der Waals surface area contributed by atoms with E-state index in [1.54, 1.807) is 7.05 Å². The van der Waals surface area contributed by atoms with Crippen LogP contribution in [-0.4, -0.2) is 19.3 Å². The van der Waals surface area contributed by atoms with Crippen molar-refractivity contribution < 1.29 is 17.9 Å². The number of nitrogens with zero attached hydrogens (tertiary/aromatic N) is 1. The van der Waals surface area contributed by atoms with Crippen LogP contribution in [0.5, 0.6) is 5.75 Å². The average Bonchev–Trinajstić information content (AvgIpc) is 2.38. The number of nitrogens with one attached hydrogen (secondary N) is 1. The van der Waals surface area contributed by atoms with E-state index in [1.807, 2.05) is 0 Å². The Bertz CT molecular complexity index is 516. The predicted octanol–water partition coefficient (Wildman–Crippen LogP) is 4.07. The summed E-state index contributed by atoms with van der Waals surface area (Å²) in [5.74, 6) is -0.0272. The van der Waals surface area contributed by atoms with E-state index in [0.29, 0.717) is 0 Å². The molecule has 0 heterocycles. The van der Waals surface area contributed by atoms with Crippen molar-refractivity contribution >= 4 is 29.5 Å². The molecule has 8 heteroatoms. The van der Waals surface area contributed by atoms with E-state index in [4.69, 9.17) is 27.9 Å². The molecule has 0 aromatic heterocycles. The van der Waals surface area contributed by atoms with Gasteiger partial charge in [0, 0.05) is 7.05 Å². The van der Waals surface area contributed by atoms with Crippen LogP contribution in [0.15, 0.2) is 35.2 Å². The molecular formula is C12H11Cl2F3N2O. The molecule has 1 aromatic rings. The van der Waals surface area contributed by atoms with E-state index < -0.39 is 16.8 Å². The Hall–Kier alpha value is -1.40. The third kappa shape index (κ3) is 4.61. The molecule has 0 aliphatic heterocycles. The molecule has 1 rings (SSSR count). The second-order valence-electron chi connectivity index (χ2n) is 3.51. The van der Waals surface area contributed by atoms with Crippen molar-refractivity contribution in [3.63, 3.8) is 0 Å². The van der Waals surface area contributed by atoms with Crippen LogP contribution in [0.4, 0.5) is 13.2 Å². The predicted molar refractivity (Wildman–Crippen MR) is 73.4 cm³/mol. The van der Waals surface area contributed by atoms with E-state index in [2.05, 4.69) is 10.3 Å². The molecule has 0 atom stereocenters. The van der Waals surface area contributed by atoms with Crippen LogP contribution in [0.3, 0.4) is 0 Å². The highest BCUT2D eigenvalue weighted by molar-refractivity contribution is 6.33. The van der Waals surface area contributed by atoms with Gasteiger partial charge in [-0.15, -0.1) is 11.6 Å². The van der Waals surface area contributed by atoms with Gasteiger partial charge in [0.1, 0.15) is 11.5 Å². The number of alkyl halides is 4. The van der Waals surface area contributed by atoms with Crippen molar-refractivity contribution in [1.82, 2.24) is 5.32 Å². The van der Waals surface area contributed by atoms with Gasteiger partial charge in [-0.3, -0.25) is 0 Å². The number of hydrogen-bond acceptors (Lipinski definition) is 2. The standard InChI is InChI=1S/C12H11Cl2F3N2O/c1-18-7-19-6-8(5-13)20-10-4-2-3-9(11(10)14)12(15,16)17/h2-4,6-7H,5H2,1H3,(H,18,19)/b8-6+. The summed E-state index contributed by atoms with van der Waals surface area (Å²) in [6.45, 7) is 0. The molecule has 0 radical (unpaired) electrons. The van der Waals surface area contributed by atoms with Gasteiger partial charge in [-0.1, -0.05) is 17.7 Å². The van der Waals surface area contributed by atoms with Gasteiger partial charge in [0.05, 0.1) is 29.0 Å². The number of hydrogen-bond donors (Lipinski definition) is 1. The van der Waals surface area contributed by atoms with Crippen LogP contribution >= 0.6 is 23.2 Å². The van der Waals surface area contributed by atoms with E-state index in [1.165, 1.54) is 24.7 Å². The highest BCUT2D eigenvalue weighted by Gasteiger charge is 2.34. The van der Waals surface area contributed by atoms with Crippen molar-refractivity contribution in [2.45, 2.75) is 6.18 Å². The third-order valence-electron chi connectivity index (χ3n) is 2.06. The maximum atomic E-state index is 12.7. The lowest BCUT2D eigenvalue weighted by Gasteiger charge is -2.13. The van der Waals surface area contributed by atoms with Gasteiger partial charge in [0.15, 0.2) is 0 Å². The molecule has 3 nitrogen and oxygen atoms in total. The summed E-state index contributed by atoms with van der Waals surface area (Å²) >= 11 is 11.3. The second kappa shape index (κ2) is 7.40. The van der Waals surface area contributed by atoms with Crippen LogP contribution in [0.25, 0.3) is 0 Å². The first-order chi connectivity index (χ1) is 9.40. The van der Waals surface area contributed by atoms with Crippen molar-refractivity contribution in [3.05, 3.63) is 40.7 Å². The van der Waals surface area contributed by atoms with Gasteiger partial charge < -0.3 is 10.1 Å². The Morgan fingerprint density at radius 2 is 2.15 bits per heavy atom. The van der Waals surface area contributed by atoms with E-state index in [9.17, 15) is 13.2 Å². The van der Waals surface area contributed by atoms with Gasteiger partial charge in [-0.05, 0) is 12.1 Å². The summed E-state index contributed by atoms with van der Waals surface area (Å²) in [5.41, 5.74) is -0.968. The van der Waals surface area contributed by atoms with E-state index >= 15 is 0 Å². The average molecular weight is 327 g/mol. The highest BCUT2D eigenvalue weighted by atomic mass is 35.5.